The van der Waals surface area contributed by atoms with E-state index in [1.807, 2.05) is 30.5 Å². The van der Waals surface area contributed by atoms with Crippen molar-refractivity contribution in [3.63, 3.8) is 0 Å². The SMILES string of the molecule is COc1cccc(CNC(=O)C2CCN(c3cncnc3N3CCCCC3)CC2)c1. The minimum Gasteiger partial charge on any atom is -0.497 e. The molecule has 2 aromatic rings. The van der Waals surface area contributed by atoms with Crippen LogP contribution in [0.3, 0.4) is 0 Å². The van der Waals surface area contributed by atoms with E-state index in [-0.39, 0.29) is 11.8 Å². The Balaban J connectivity index is 1.32. The molecule has 1 amide bonds. The zero-order valence-corrected chi connectivity index (χ0v) is 17.7. The van der Waals surface area contributed by atoms with E-state index in [9.17, 15) is 4.79 Å². The predicted molar refractivity (Wildman–Crippen MR) is 118 cm³/mol. The normalized spacial score (nSPS) is 17.6. The lowest BCUT2D eigenvalue weighted by Crippen LogP contribution is -2.41. The summed E-state index contributed by atoms with van der Waals surface area (Å²) in [7, 11) is 1.65. The van der Waals surface area contributed by atoms with Gasteiger partial charge in [-0.25, -0.2) is 9.97 Å². The van der Waals surface area contributed by atoms with Gasteiger partial charge in [-0.15, -0.1) is 0 Å². The van der Waals surface area contributed by atoms with Crippen LogP contribution < -0.4 is 19.9 Å². The summed E-state index contributed by atoms with van der Waals surface area (Å²) in [6.07, 6.45) is 9.01. The van der Waals surface area contributed by atoms with Crippen LogP contribution in [0.5, 0.6) is 5.75 Å². The second-order valence-electron chi connectivity index (χ2n) is 8.11. The van der Waals surface area contributed by atoms with E-state index >= 15 is 0 Å². The van der Waals surface area contributed by atoms with E-state index in [0.29, 0.717) is 6.54 Å². The van der Waals surface area contributed by atoms with Crippen LogP contribution in [0, 0.1) is 5.92 Å². The summed E-state index contributed by atoms with van der Waals surface area (Å²) in [4.78, 5) is 26.3. The number of rotatable bonds is 6. The van der Waals surface area contributed by atoms with Crippen LogP contribution in [-0.2, 0) is 11.3 Å². The first-order chi connectivity index (χ1) is 14.7. The highest BCUT2D eigenvalue weighted by Gasteiger charge is 2.27. The summed E-state index contributed by atoms with van der Waals surface area (Å²) < 4.78 is 5.25. The monoisotopic (exact) mass is 409 g/mol. The lowest BCUT2D eigenvalue weighted by Gasteiger charge is -2.36. The fraction of sp³-hybridized carbons (Fsp3) is 0.522. The highest BCUT2D eigenvalue weighted by molar-refractivity contribution is 5.79. The van der Waals surface area contributed by atoms with Crippen molar-refractivity contribution in [2.75, 3.05) is 43.1 Å². The van der Waals surface area contributed by atoms with Gasteiger partial charge in [-0.1, -0.05) is 12.1 Å². The number of ether oxygens (including phenoxy) is 1. The number of amides is 1. The van der Waals surface area contributed by atoms with Crippen LogP contribution in [0.25, 0.3) is 0 Å². The summed E-state index contributed by atoms with van der Waals surface area (Å²) in [5, 5.41) is 3.09. The van der Waals surface area contributed by atoms with Gasteiger partial charge in [-0.2, -0.15) is 0 Å². The first-order valence-corrected chi connectivity index (χ1v) is 10.9. The molecule has 7 heteroatoms. The largest absolute Gasteiger partial charge is 0.497 e. The van der Waals surface area contributed by atoms with Crippen molar-refractivity contribution < 1.29 is 9.53 Å². The molecule has 2 fully saturated rings. The number of anilines is 2. The third-order valence-electron chi connectivity index (χ3n) is 6.14. The van der Waals surface area contributed by atoms with Crippen LogP contribution in [0.4, 0.5) is 11.5 Å². The Hall–Kier alpha value is -2.83. The van der Waals surface area contributed by atoms with Crippen molar-refractivity contribution >= 4 is 17.4 Å². The first-order valence-electron chi connectivity index (χ1n) is 10.9. The van der Waals surface area contributed by atoms with Gasteiger partial charge in [0.05, 0.1) is 19.0 Å². The van der Waals surface area contributed by atoms with E-state index in [2.05, 4.69) is 25.1 Å². The van der Waals surface area contributed by atoms with Crippen LogP contribution in [0.1, 0.15) is 37.7 Å². The number of benzene rings is 1. The fourth-order valence-electron chi connectivity index (χ4n) is 4.39. The number of hydrogen-bond donors (Lipinski definition) is 1. The van der Waals surface area contributed by atoms with Gasteiger partial charge in [-0.3, -0.25) is 4.79 Å². The standard InChI is InChI=1S/C23H31N5O2/c1-30-20-7-5-6-18(14-20)15-25-23(29)19-8-12-27(13-9-19)21-16-24-17-26-22(21)28-10-3-2-4-11-28/h5-7,14,16-17,19H,2-4,8-13,15H2,1H3,(H,25,29). The smallest absolute Gasteiger partial charge is 0.223 e. The average molecular weight is 410 g/mol. The Morgan fingerprint density at radius 1 is 1.13 bits per heavy atom. The van der Waals surface area contributed by atoms with Crippen molar-refractivity contribution in [3.8, 4) is 5.75 Å². The first kappa shape index (κ1) is 20.4. The van der Waals surface area contributed by atoms with E-state index in [1.165, 1.54) is 19.3 Å². The molecule has 0 saturated carbocycles. The second-order valence-corrected chi connectivity index (χ2v) is 8.11. The number of piperidine rings is 2. The molecule has 2 saturated heterocycles. The van der Waals surface area contributed by atoms with Crippen molar-refractivity contribution in [1.29, 1.82) is 0 Å². The van der Waals surface area contributed by atoms with E-state index in [0.717, 1.165) is 61.8 Å². The van der Waals surface area contributed by atoms with Gasteiger partial charge >= 0.3 is 0 Å². The highest BCUT2D eigenvalue weighted by atomic mass is 16.5. The predicted octanol–water partition coefficient (Wildman–Crippen LogP) is 3.01. The maximum absolute atomic E-state index is 12.7. The van der Waals surface area contributed by atoms with Gasteiger partial charge < -0.3 is 19.9 Å². The highest BCUT2D eigenvalue weighted by Crippen LogP contribution is 2.31. The maximum Gasteiger partial charge on any atom is 0.223 e. The lowest BCUT2D eigenvalue weighted by atomic mass is 9.95. The Bertz CT molecular complexity index is 845. The fourth-order valence-corrected chi connectivity index (χ4v) is 4.39. The zero-order valence-electron chi connectivity index (χ0n) is 17.7. The molecule has 0 aliphatic carbocycles. The van der Waals surface area contributed by atoms with Crippen molar-refractivity contribution in [2.24, 2.45) is 5.92 Å². The lowest BCUT2D eigenvalue weighted by molar-refractivity contribution is -0.125. The van der Waals surface area contributed by atoms with Gasteiger partial charge in [0, 0.05) is 38.6 Å². The molecule has 0 bridgehead atoms. The quantitative estimate of drug-likeness (QED) is 0.791. The molecule has 0 unspecified atom stereocenters. The number of hydrogen-bond acceptors (Lipinski definition) is 6. The molecule has 2 aliphatic rings. The van der Waals surface area contributed by atoms with E-state index in [1.54, 1.807) is 13.4 Å². The molecule has 30 heavy (non-hydrogen) atoms. The van der Waals surface area contributed by atoms with Crippen LogP contribution in [-0.4, -0.2) is 49.2 Å². The number of methoxy groups -OCH3 is 1. The van der Waals surface area contributed by atoms with Crippen LogP contribution >= 0.6 is 0 Å². The Kier molecular flexibility index (Phi) is 6.67. The molecule has 0 atom stereocenters. The van der Waals surface area contributed by atoms with Gasteiger partial charge in [0.1, 0.15) is 12.1 Å². The van der Waals surface area contributed by atoms with Gasteiger partial charge in [0.25, 0.3) is 0 Å². The second kappa shape index (κ2) is 9.78. The number of carbonyl (C=O) groups is 1. The van der Waals surface area contributed by atoms with Crippen LogP contribution in [0.15, 0.2) is 36.8 Å². The van der Waals surface area contributed by atoms with Crippen molar-refractivity contribution in [1.82, 2.24) is 15.3 Å². The van der Waals surface area contributed by atoms with Crippen molar-refractivity contribution in [3.05, 3.63) is 42.4 Å². The average Bonchev–Trinajstić information content (AvgIpc) is 2.83. The summed E-state index contributed by atoms with van der Waals surface area (Å²) in [5.74, 6) is 2.04. The van der Waals surface area contributed by atoms with E-state index < -0.39 is 0 Å². The molecule has 160 valence electrons. The molecule has 4 rings (SSSR count). The van der Waals surface area contributed by atoms with Crippen molar-refractivity contribution in [2.45, 2.75) is 38.6 Å². The zero-order chi connectivity index (χ0) is 20.8. The molecular weight excluding hydrogens is 378 g/mol. The third kappa shape index (κ3) is 4.83. The topological polar surface area (TPSA) is 70.6 Å². The number of carbonyl (C=O) groups excluding carboxylic acids is 1. The number of nitrogens with one attached hydrogen (secondary N) is 1. The summed E-state index contributed by atoms with van der Waals surface area (Å²) in [6, 6.07) is 7.82. The van der Waals surface area contributed by atoms with Gasteiger partial charge in [0.15, 0.2) is 5.82 Å². The molecule has 1 N–H and O–H groups in total. The maximum atomic E-state index is 12.7. The summed E-state index contributed by atoms with van der Waals surface area (Å²) in [6.45, 7) is 4.36. The minimum atomic E-state index is 0.0509. The van der Waals surface area contributed by atoms with Gasteiger partial charge in [-0.05, 0) is 49.8 Å². The van der Waals surface area contributed by atoms with Gasteiger partial charge in [0.2, 0.25) is 5.91 Å². The molecule has 7 nitrogen and oxygen atoms in total. The molecule has 2 aliphatic heterocycles. The van der Waals surface area contributed by atoms with E-state index in [4.69, 9.17) is 4.74 Å². The number of aromatic nitrogens is 2. The van der Waals surface area contributed by atoms with Crippen LogP contribution in [0.2, 0.25) is 0 Å². The molecule has 0 radical (unpaired) electrons. The Morgan fingerprint density at radius 3 is 2.70 bits per heavy atom. The summed E-state index contributed by atoms with van der Waals surface area (Å²) in [5.41, 5.74) is 2.15. The number of nitrogens with zero attached hydrogens (tertiary/aromatic N) is 4. The third-order valence-corrected chi connectivity index (χ3v) is 6.14. The molecule has 1 aromatic heterocycles. The Labute approximate surface area is 178 Å². The molecule has 1 aromatic carbocycles. The summed E-state index contributed by atoms with van der Waals surface area (Å²) >= 11 is 0. The molecule has 0 spiro atoms. The molecule has 3 heterocycles. The molecular formula is C23H31N5O2. The minimum absolute atomic E-state index is 0.0509. The Morgan fingerprint density at radius 2 is 1.93 bits per heavy atom.